The average Bonchev–Trinajstić information content (AvgIpc) is 2.34. The van der Waals surface area contributed by atoms with Crippen LogP contribution in [0.2, 0.25) is 5.02 Å². The molecule has 0 amide bonds. The molecule has 0 saturated heterocycles. The van der Waals surface area contributed by atoms with Crippen molar-refractivity contribution in [1.82, 2.24) is 4.98 Å². The van der Waals surface area contributed by atoms with Gasteiger partial charge in [-0.15, -0.1) is 0 Å². The van der Waals surface area contributed by atoms with Crippen LogP contribution in [0.15, 0.2) is 42.7 Å². The van der Waals surface area contributed by atoms with E-state index in [0.29, 0.717) is 17.1 Å². The lowest BCUT2D eigenvalue weighted by Crippen LogP contribution is -2.80. The lowest BCUT2D eigenvalue weighted by atomic mass is 10.2. The Morgan fingerprint density at radius 3 is 2.59 bits per heavy atom. The van der Waals surface area contributed by atoms with Crippen LogP contribution in [-0.4, -0.2) is 4.98 Å². The maximum atomic E-state index is 13.5. The molecule has 2 N–H and O–H groups in total. The third-order valence-corrected chi connectivity index (χ3v) is 2.89. The molecular weight excluding hydrogens is 239 g/mol. The minimum Gasteiger partial charge on any atom is -0.339 e. The Hall–Kier alpha value is -1.45. The van der Waals surface area contributed by atoms with E-state index in [0.717, 1.165) is 12.1 Å². The summed E-state index contributed by atoms with van der Waals surface area (Å²) in [5, 5.41) is 2.50. The zero-order valence-corrected chi connectivity index (χ0v) is 9.99. The van der Waals surface area contributed by atoms with Gasteiger partial charge in [-0.2, -0.15) is 0 Å². The van der Waals surface area contributed by atoms with Crippen molar-refractivity contribution in [3.05, 3.63) is 64.7 Å². The molecule has 0 atom stereocenters. The minimum absolute atomic E-state index is 0.247. The van der Waals surface area contributed by atoms with Gasteiger partial charge in [0.05, 0.1) is 10.6 Å². The zero-order valence-electron chi connectivity index (χ0n) is 9.24. The van der Waals surface area contributed by atoms with Crippen LogP contribution in [0.1, 0.15) is 11.1 Å². The number of aromatic nitrogens is 1. The van der Waals surface area contributed by atoms with E-state index in [1.807, 2.05) is 17.4 Å². The second-order valence-corrected chi connectivity index (χ2v) is 4.16. The smallest absolute Gasteiger partial charge is 0.133 e. The number of pyridine rings is 1. The van der Waals surface area contributed by atoms with Crippen molar-refractivity contribution in [1.29, 1.82) is 0 Å². The predicted molar refractivity (Wildman–Crippen MR) is 65.0 cm³/mol. The maximum Gasteiger partial charge on any atom is 0.133 e. The molecule has 0 radical (unpaired) electrons. The second kappa shape index (κ2) is 5.75. The van der Waals surface area contributed by atoms with Gasteiger partial charge in [-0.25, -0.2) is 4.39 Å². The fourth-order valence-corrected chi connectivity index (χ4v) is 1.87. The van der Waals surface area contributed by atoms with E-state index in [2.05, 4.69) is 4.98 Å². The molecule has 0 aliphatic heterocycles. The van der Waals surface area contributed by atoms with Gasteiger partial charge in [0, 0.05) is 18.0 Å². The van der Waals surface area contributed by atoms with Gasteiger partial charge >= 0.3 is 0 Å². The second-order valence-electron chi connectivity index (χ2n) is 3.75. The first-order valence-corrected chi connectivity index (χ1v) is 5.78. The molecule has 0 spiro atoms. The van der Waals surface area contributed by atoms with E-state index >= 15 is 0 Å². The highest BCUT2D eigenvalue weighted by Crippen LogP contribution is 2.17. The minimum atomic E-state index is -0.247. The molecule has 17 heavy (non-hydrogen) atoms. The number of nitrogens with zero attached hydrogens (tertiary/aromatic N) is 1. The summed E-state index contributed by atoms with van der Waals surface area (Å²) < 4.78 is 13.5. The Bertz CT molecular complexity index is 468. The fraction of sp³-hybridized carbons (Fsp3) is 0.154. The van der Waals surface area contributed by atoms with Gasteiger partial charge < -0.3 is 5.32 Å². The molecule has 2 rings (SSSR count). The van der Waals surface area contributed by atoms with Gasteiger partial charge in [0.2, 0.25) is 0 Å². The normalized spacial score (nSPS) is 10.5. The third kappa shape index (κ3) is 3.25. The molecule has 1 heterocycles. The fourth-order valence-electron chi connectivity index (χ4n) is 1.63. The first-order valence-electron chi connectivity index (χ1n) is 5.41. The molecule has 2 aromatic rings. The molecule has 1 aromatic carbocycles. The van der Waals surface area contributed by atoms with E-state index in [1.54, 1.807) is 24.5 Å². The van der Waals surface area contributed by atoms with Crippen LogP contribution in [0.3, 0.4) is 0 Å². The molecule has 0 unspecified atom stereocenters. The highest BCUT2D eigenvalue weighted by molar-refractivity contribution is 6.31. The van der Waals surface area contributed by atoms with Crippen LogP contribution < -0.4 is 5.32 Å². The highest BCUT2D eigenvalue weighted by Gasteiger charge is 2.08. The number of benzene rings is 1. The third-order valence-electron chi connectivity index (χ3n) is 2.54. The van der Waals surface area contributed by atoms with E-state index in [-0.39, 0.29) is 5.82 Å². The number of nitrogens with two attached hydrogens (primary N) is 1. The quantitative estimate of drug-likeness (QED) is 0.887. The van der Waals surface area contributed by atoms with Crippen LogP contribution in [0.5, 0.6) is 0 Å². The maximum absolute atomic E-state index is 13.5. The summed E-state index contributed by atoms with van der Waals surface area (Å²) in [4.78, 5) is 3.94. The van der Waals surface area contributed by atoms with Gasteiger partial charge in [-0.1, -0.05) is 17.7 Å². The Labute approximate surface area is 104 Å². The van der Waals surface area contributed by atoms with Crippen molar-refractivity contribution < 1.29 is 9.71 Å². The van der Waals surface area contributed by atoms with Crippen molar-refractivity contribution in [2.75, 3.05) is 0 Å². The van der Waals surface area contributed by atoms with E-state index in [4.69, 9.17) is 11.6 Å². The number of hydrogen-bond donors (Lipinski definition) is 1. The molecule has 88 valence electrons. The van der Waals surface area contributed by atoms with E-state index in [9.17, 15) is 4.39 Å². The van der Waals surface area contributed by atoms with Crippen molar-refractivity contribution >= 4 is 11.6 Å². The topological polar surface area (TPSA) is 29.5 Å². The van der Waals surface area contributed by atoms with Crippen molar-refractivity contribution in [3.63, 3.8) is 0 Å². The van der Waals surface area contributed by atoms with Gasteiger partial charge in [-0.3, -0.25) is 4.98 Å². The van der Waals surface area contributed by atoms with Crippen LogP contribution in [0, 0.1) is 5.82 Å². The van der Waals surface area contributed by atoms with Crippen molar-refractivity contribution in [2.24, 2.45) is 0 Å². The molecule has 4 heteroatoms. The summed E-state index contributed by atoms with van der Waals surface area (Å²) in [6.45, 7) is 1.32. The Kier molecular flexibility index (Phi) is 4.07. The molecule has 2 nitrogen and oxygen atoms in total. The summed E-state index contributed by atoms with van der Waals surface area (Å²) in [6.07, 6.45) is 3.50. The van der Waals surface area contributed by atoms with E-state index in [1.165, 1.54) is 6.07 Å². The van der Waals surface area contributed by atoms with Crippen LogP contribution >= 0.6 is 11.6 Å². The molecule has 0 aliphatic rings. The Morgan fingerprint density at radius 1 is 1.12 bits per heavy atom. The summed E-state index contributed by atoms with van der Waals surface area (Å²) >= 11 is 5.94. The molecule has 0 saturated carbocycles. The van der Waals surface area contributed by atoms with Gasteiger partial charge in [0.25, 0.3) is 0 Å². The SMILES string of the molecule is Fc1cccc(Cl)c1C[NH2+]Cc1ccncc1. The van der Waals surface area contributed by atoms with Crippen LogP contribution in [-0.2, 0) is 13.1 Å². The van der Waals surface area contributed by atoms with Crippen molar-refractivity contribution in [2.45, 2.75) is 13.1 Å². The lowest BCUT2D eigenvalue weighted by molar-refractivity contribution is -0.686. The highest BCUT2D eigenvalue weighted by atomic mass is 35.5. The first kappa shape index (κ1) is 12.0. The summed E-state index contributed by atoms with van der Waals surface area (Å²) in [6, 6.07) is 8.64. The molecular formula is C13H13ClFN2+. The molecule has 0 aliphatic carbocycles. The monoisotopic (exact) mass is 251 g/mol. The molecule has 0 fully saturated rings. The lowest BCUT2D eigenvalue weighted by Gasteiger charge is -2.05. The van der Waals surface area contributed by atoms with E-state index < -0.39 is 0 Å². The summed E-state index contributed by atoms with van der Waals surface area (Å²) in [7, 11) is 0. The number of hydrogen-bond acceptors (Lipinski definition) is 1. The largest absolute Gasteiger partial charge is 0.339 e. The van der Waals surface area contributed by atoms with Gasteiger partial charge in [-0.05, 0) is 24.3 Å². The van der Waals surface area contributed by atoms with Gasteiger partial charge in [0.1, 0.15) is 18.9 Å². The summed E-state index contributed by atoms with van der Waals surface area (Å²) in [5.74, 6) is -0.247. The Morgan fingerprint density at radius 2 is 1.88 bits per heavy atom. The van der Waals surface area contributed by atoms with Gasteiger partial charge in [0.15, 0.2) is 0 Å². The number of rotatable bonds is 4. The first-order chi connectivity index (χ1) is 8.27. The molecule has 1 aromatic heterocycles. The number of quaternary nitrogens is 1. The summed E-state index contributed by atoms with van der Waals surface area (Å²) in [5.41, 5.74) is 1.72. The predicted octanol–water partition coefficient (Wildman–Crippen LogP) is 2.14. The standard InChI is InChI=1S/C13H12ClFN2/c14-12-2-1-3-13(15)11(12)9-17-8-10-4-6-16-7-5-10/h1-7,17H,8-9H2/p+1. The van der Waals surface area contributed by atoms with Crippen molar-refractivity contribution in [3.8, 4) is 0 Å². The number of halogens is 2. The Balaban J connectivity index is 1.95. The van der Waals surface area contributed by atoms with Crippen LogP contribution in [0.4, 0.5) is 4.39 Å². The average molecular weight is 252 g/mol. The zero-order chi connectivity index (χ0) is 12.1. The molecule has 0 bridgehead atoms. The van der Waals surface area contributed by atoms with Crippen LogP contribution in [0.25, 0.3) is 0 Å².